The summed E-state index contributed by atoms with van der Waals surface area (Å²) in [5.74, 6) is -0.989. The van der Waals surface area contributed by atoms with Crippen molar-refractivity contribution in [2.75, 3.05) is 14.2 Å². The molecule has 0 aromatic carbocycles. The van der Waals surface area contributed by atoms with E-state index in [4.69, 9.17) is 0 Å². The van der Waals surface area contributed by atoms with Crippen LogP contribution >= 0.6 is 0 Å². The normalized spacial score (nSPS) is 14.9. The van der Waals surface area contributed by atoms with Crippen molar-refractivity contribution in [1.29, 1.82) is 0 Å². The molecule has 14 heavy (non-hydrogen) atoms. The highest BCUT2D eigenvalue weighted by molar-refractivity contribution is 5.76. The maximum absolute atomic E-state index is 10.9. The fourth-order valence-corrected chi connectivity index (χ4v) is 0.635. The van der Waals surface area contributed by atoms with Gasteiger partial charge in [0.25, 0.3) is 0 Å². The van der Waals surface area contributed by atoms with Crippen LogP contribution in [0, 0.1) is 0 Å². The second-order valence-corrected chi connectivity index (χ2v) is 2.63. The first-order valence-electron chi connectivity index (χ1n) is 4.08. The number of hydrogen-bond acceptors (Lipinski definition) is 6. The third-order valence-corrected chi connectivity index (χ3v) is 1.50. The first kappa shape index (κ1) is 12.5. The number of methoxy groups -OCH3 is 2. The van der Waals surface area contributed by atoms with Gasteiger partial charge in [0.1, 0.15) is 0 Å². The van der Waals surface area contributed by atoms with Gasteiger partial charge in [0.05, 0.1) is 14.2 Å². The summed E-state index contributed by atoms with van der Waals surface area (Å²) >= 11 is 0. The first-order valence-corrected chi connectivity index (χ1v) is 4.08. The monoisotopic (exact) mass is 202 g/mol. The topological polar surface area (TPSA) is 77.3 Å². The van der Waals surface area contributed by atoms with Crippen molar-refractivity contribution < 1.29 is 19.1 Å². The fraction of sp³-hybridized carbons (Fsp3) is 0.750. The van der Waals surface area contributed by atoms with Crippen LogP contribution in [-0.4, -0.2) is 38.2 Å². The Kier molecular flexibility index (Phi) is 5.43. The minimum atomic E-state index is -0.702. The first-order chi connectivity index (χ1) is 6.52. The van der Waals surface area contributed by atoms with Crippen molar-refractivity contribution in [2.45, 2.75) is 25.9 Å². The summed E-state index contributed by atoms with van der Waals surface area (Å²) < 4.78 is 8.84. The fourth-order valence-electron chi connectivity index (χ4n) is 0.635. The molecule has 0 rings (SSSR count). The number of hydrogen-bond donors (Lipinski definition) is 0. The Morgan fingerprint density at radius 1 is 0.929 bits per heavy atom. The number of azo groups is 1. The molecule has 0 saturated carbocycles. The maximum Gasteiger partial charge on any atom is 0.332 e. The van der Waals surface area contributed by atoms with Crippen molar-refractivity contribution in [1.82, 2.24) is 0 Å². The van der Waals surface area contributed by atoms with Crippen LogP contribution in [0.25, 0.3) is 0 Å². The Bertz CT molecular complexity index is 215. The lowest BCUT2D eigenvalue weighted by molar-refractivity contribution is -0.143. The predicted molar refractivity (Wildman–Crippen MR) is 47.8 cm³/mol. The molecular formula is C8H14N2O4. The van der Waals surface area contributed by atoms with Gasteiger partial charge in [-0.2, -0.15) is 10.2 Å². The second kappa shape index (κ2) is 6.06. The maximum atomic E-state index is 10.9. The molecule has 0 saturated heterocycles. The number of ether oxygens (including phenoxy) is 2. The van der Waals surface area contributed by atoms with Crippen LogP contribution < -0.4 is 0 Å². The number of carbonyl (C=O) groups excluding carboxylic acids is 2. The van der Waals surface area contributed by atoms with Gasteiger partial charge in [-0.25, -0.2) is 9.59 Å². The minimum absolute atomic E-state index is 0.495. The zero-order valence-electron chi connectivity index (χ0n) is 8.68. The van der Waals surface area contributed by atoms with Crippen molar-refractivity contribution in [3.05, 3.63) is 0 Å². The van der Waals surface area contributed by atoms with E-state index < -0.39 is 24.0 Å². The van der Waals surface area contributed by atoms with Crippen LogP contribution in [-0.2, 0) is 19.1 Å². The largest absolute Gasteiger partial charge is 0.467 e. The highest BCUT2D eigenvalue weighted by atomic mass is 16.5. The van der Waals surface area contributed by atoms with Gasteiger partial charge in [-0.3, -0.25) is 0 Å². The van der Waals surface area contributed by atoms with E-state index in [0.717, 1.165) is 0 Å². The van der Waals surface area contributed by atoms with Crippen LogP contribution in [0.4, 0.5) is 0 Å². The van der Waals surface area contributed by atoms with E-state index in [0.29, 0.717) is 0 Å². The molecule has 0 aliphatic carbocycles. The zero-order valence-corrected chi connectivity index (χ0v) is 8.68. The summed E-state index contributed by atoms with van der Waals surface area (Å²) in [5.41, 5.74) is 0. The van der Waals surface area contributed by atoms with Crippen LogP contribution in [0.2, 0.25) is 0 Å². The van der Waals surface area contributed by atoms with Gasteiger partial charge in [-0.1, -0.05) is 0 Å². The van der Waals surface area contributed by atoms with Crippen LogP contribution in [0.3, 0.4) is 0 Å². The van der Waals surface area contributed by atoms with Gasteiger partial charge in [-0.05, 0) is 13.8 Å². The second-order valence-electron chi connectivity index (χ2n) is 2.63. The lowest BCUT2D eigenvalue weighted by Crippen LogP contribution is -2.19. The van der Waals surface area contributed by atoms with Gasteiger partial charge in [-0.15, -0.1) is 0 Å². The quantitative estimate of drug-likeness (QED) is 0.493. The van der Waals surface area contributed by atoms with Gasteiger partial charge >= 0.3 is 11.9 Å². The molecule has 0 fully saturated rings. The molecule has 6 heteroatoms. The molecule has 2 unspecified atom stereocenters. The molecule has 2 atom stereocenters. The van der Waals surface area contributed by atoms with Crippen LogP contribution in [0.15, 0.2) is 10.2 Å². The average molecular weight is 202 g/mol. The molecule has 80 valence electrons. The summed E-state index contributed by atoms with van der Waals surface area (Å²) in [6.07, 6.45) is 0. The van der Waals surface area contributed by atoms with Crippen molar-refractivity contribution in [3.63, 3.8) is 0 Å². The van der Waals surface area contributed by atoms with Gasteiger partial charge in [0.2, 0.25) is 0 Å². The Morgan fingerprint density at radius 3 is 1.43 bits per heavy atom. The summed E-state index contributed by atoms with van der Waals surface area (Å²) in [7, 11) is 2.52. The van der Waals surface area contributed by atoms with E-state index in [-0.39, 0.29) is 0 Å². The van der Waals surface area contributed by atoms with Crippen LogP contribution in [0.5, 0.6) is 0 Å². The standard InChI is InChI=1S/C8H14N2O4/c1-5(7(11)13-3)9-10-6(2)8(12)14-4/h5-6H,1-4H3. The molecule has 0 aliphatic heterocycles. The average Bonchev–Trinajstić information content (AvgIpc) is 2.22. The lowest BCUT2D eigenvalue weighted by Gasteiger charge is -2.04. The summed E-state index contributed by atoms with van der Waals surface area (Å²) in [6.45, 7) is 3.05. The van der Waals surface area contributed by atoms with E-state index in [1.54, 1.807) is 0 Å². The Hall–Kier alpha value is -1.46. The molecule has 0 radical (unpaired) electrons. The summed E-state index contributed by atoms with van der Waals surface area (Å²) in [5, 5.41) is 7.23. The Morgan fingerprint density at radius 2 is 1.21 bits per heavy atom. The highest BCUT2D eigenvalue weighted by Gasteiger charge is 2.15. The number of rotatable bonds is 4. The van der Waals surface area contributed by atoms with E-state index >= 15 is 0 Å². The van der Waals surface area contributed by atoms with E-state index in [1.807, 2.05) is 0 Å². The molecule has 6 nitrogen and oxygen atoms in total. The van der Waals surface area contributed by atoms with Crippen molar-refractivity contribution >= 4 is 11.9 Å². The van der Waals surface area contributed by atoms with E-state index in [1.165, 1.54) is 28.1 Å². The third-order valence-electron chi connectivity index (χ3n) is 1.50. The van der Waals surface area contributed by atoms with Crippen LogP contribution in [0.1, 0.15) is 13.8 Å². The molecule has 0 aromatic heterocycles. The molecule has 0 amide bonds. The van der Waals surface area contributed by atoms with E-state index in [2.05, 4.69) is 19.7 Å². The molecule has 0 N–H and O–H groups in total. The van der Waals surface area contributed by atoms with Crippen molar-refractivity contribution in [2.24, 2.45) is 10.2 Å². The number of nitrogens with zero attached hydrogens (tertiary/aromatic N) is 2. The SMILES string of the molecule is COC(=O)C(C)N=NC(C)C(=O)OC. The highest BCUT2D eigenvalue weighted by Crippen LogP contribution is 1.99. The summed E-state index contributed by atoms with van der Waals surface area (Å²) in [6, 6.07) is -1.40. The summed E-state index contributed by atoms with van der Waals surface area (Å²) in [4.78, 5) is 21.7. The molecule has 0 aromatic rings. The van der Waals surface area contributed by atoms with Gasteiger partial charge in [0.15, 0.2) is 12.1 Å². The number of carbonyl (C=O) groups is 2. The molecule has 0 aliphatic rings. The minimum Gasteiger partial charge on any atom is -0.467 e. The molecule has 0 bridgehead atoms. The lowest BCUT2D eigenvalue weighted by atomic mass is 10.3. The Balaban J connectivity index is 4.16. The van der Waals surface area contributed by atoms with E-state index in [9.17, 15) is 9.59 Å². The molecular weight excluding hydrogens is 188 g/mol. The third kappa shape index (κ3) is 3.97. The van der Waals surface area contributed by atoms with Crippen molar-refractivity contribution in [3.8, 4) is 0 Å². The Labute approximate surface area is 82.3 Å². The molecule has 0 spiro atoms. The smallest absolute Gasteiger partial charge is 0.332 e. The van der Waals surface area contributed by atoms with Gasteiger partial charge < -0.3 is 9.47 Å². The van der Waals surface area contributed by atoms with Gasteiger partial charge in [0, 0.05) is 0 Å². The molecule has 0 heterocycles. The zero-order chi connectivity index (χ0) is 11.1. The number of esters is 2. The predicted octanol–water partition coefficient (Wildman–Crippen LogP) is 0.562.